The fourth-order valence-electron chi connectivity index (χ4n) is 3.37. The van der Waals surface area contributed by atoms with Crippen molar-refractivity contribution in [3.05, 3.63) is 87.9 Å². The first-order valence-electron chi connectivity index (χ1n) is 9.63. The van der Waals surface area contributed by atoms with Gasteiger partial charge in [-0.2, -0.15) is 0 Å². The normalized spacial score (nSPS) is 15.6. The van der Waals surface area contributed by atoms with Gasteiger partial charge in [0, 0.05) is 17.7 Å². The van der Waals surface area contributed by atoms with E-state index in [1.54, 1.807) is 41.5 Å². The maximum atomic E-state index is 12.7. The molecule has 0 aliphatic carbocycles. The summed E-state index contributed by atoms with van der Waals surface area (Å²) in [6.07, 6.45) is 1.57. The average molecular weight is 453 g/mol. The summed E-state index contributed by atoms with van der Waals surface area (Å²) in [5, 5.41) is 13.5. The number of carbonyl (C=O) groups excluding carboxylic acids is 2. The van der Waals surface area contributed by atoms with E-state index in [9.17, 15) is 19.7 Å². The van der Waals surface area contributed by atoms with E-state index in [1.165, 1.54) is 37.1 Å². The zero-order valence-electron chi connectivity index (χ0n) is 17.0. The van der Waals surface area contributed by atoms with Crippen LogP contribution in [0.1, 0.15) is 27.1 Å². The van der Waals surface area contributed by atoms with E-state index < -0.39 is 10.8 Å². The van der Waals surface area contributed by atoms with Crippen molar-refractivity contribution in [2.45, 2.75) is 11.9 Å². The number of hydrogen-bond acceptors (Lipinski definition) is 7. The largest absolute Gasteiger partial charge is 0.495 e. The predicted octanol–water partition coefficient (Wildman–Crippen LogP) is 4.22. The number of rotatable bonds is 7. The molecule has 4 rings (SSSR count). The van der Waals surface area contributed by atoms with E-state index in [1.807, 2.05) is 6.07 Å². The zero-order chi connectivity index (χ0) is 22.7. The number of nitro groups is 1. The minimum absolute atomic E-state index is 0.0241. The van der Waals surface area contributed by atoms with Crippen molar-refractivity contribution in [3.8, 4) is 5.75 Å². The third kappa shape index (κ3) is 4.45. The van der Waals surface area contributed by atoms with Crippen LogP contribution >= 0.6 is 11.8 Å². The predicted molar refractivity (Wildman–Crippen MR) is 119 cm³/mol. The van der Waals surface area contributed by atoms with Gasteiger partial charge in [-0.15, -0.1) is 11.8 Å². The number of thioether (sulfide) groups is 1. The zero-order valence-corrected chi connectivity index (χ0v) is 17.8. The van der Waals surface area contributed by atoms with Crippen molar-refractivity contribution >= 4 is 35.0 Å². The lowest BCUT2D eigenvalue weighted by Gasteiger charge is -2.23. The van der Waals surface area contributed by atoms with Gasteiger partial charge < -0.3 is 19.4 Å². The molecule has 2 aromatic carbocycles. The van der Waals surface area contributed by atoms with Gasteiger partial charge >= 0.3 is 0 Å². The monoisotopic (exact) mass is 453 g/mol. The molecule has 2 heterocycles. The Labute approximate surface area is 187 Å². The molecule has 1 aliphatic rings. The lowest BCUT2D eigenvalue weighted by molar-refractivity contribution is -0.384. The Bertz CT molecular complexity index is 1150. The van der Waals surface area contributed by atoms with Gasteiger partial charge in [-0.1, -0.05) is 12.1 Å². The van der Waals surface area contributed by atoms with E-state index in [0.717, 1.165) is 5.56 Å². The van der Waals surface area contributed by atoms with Crippen molar-refractivity contribution in [1.29, 1.82) is 0 Å². The van der Waals surface area contributed by atoms with Gasteiger partial charge in [0.15, 0.2) is 0 Å². The highest BCUT2D eigenvalue weighted by molar-refractivity contribution is 8.00. The molecule has 1 N–H and O–H groups in total. The van der Waals surface area contributed by atoms with Crippen molar-refractivity contribution < 1.29 is 23.7 Å². The van der Waals surface area contributed by atoms with Crippen LogP contribution in [0.4, 0.5) is 11.4 Å². The minimum atomic E-state index is -0.543. The molecule has 32 heavy (non-hydrogen) atoms. The molecule has 1 saturated heterocycles. The number of ether oxygens (including phenoxy) is 1. The smallest absolute Gasteiger partial charge is 0.271 e. The summed E-state index contributed by atoms with van der Waals surface area (Å²) in [6, 6.07) is 14.5. The van der Waals surface area contributed by atoms with Crippen LogP contribution in [0.15, 0.2) is 65.3 Å². The quantitative estimate of drug-likeness (QED) is 0.421. The Hall–Kier alpha value is -3.79. The maximum absolute atomic E-state index is 12.7. The number of non-ortho nitro benzene ring substituents is 1. The Morgan fingerprint density at radius 1 is 1.28 bits per heavy atom. The number of anilines is 1. The summed E-state index contributed by atoms with van der Waals surface area (Å²) < 4.78 is 10.6. The summed E-state index contributed by atoms with van der Waals surface area (Å²) >= 11 is 1.51. The number of nitro benzene ring substituents is 1. The van der Waals surface area contributed by atoms with Gasteiger partial charge in [0.05, 0.1) is 36.3 Å². The number of carbonyl (C=O) groups is 2. The molecule has 9 nitrogen and oxygen atoms in total. The number of furan rings is 1. The Morgan fingerprint density at radius 2 is 2.06 bits per heavy atom. The van der Waals surface area contributed by atoms with Crippen LogP contribution in [0, 0.1) is 10.1 Å². The molecule has 2 amide bonds. The molecule has 1 atom stereocenters. The van der Waals surface area contributed by atoms with E-state index in [-0.39, 0.29) is 22.7 Å². The Morgan fingerprint density at radius 3 is 2.72 bits per heavy atom. The van der Waals surface area contributed by atoms with Crippen molar-refractivity contribution in [2.75, 3.05) is 18.2 Å². The summed E-state index contributed by atoms with van der Waals surface area (Å²) in [5.41, 5.74) is 1.31. The second kappa shape index (κ2) is 9.15. The van der Waals surface area contributed by atoms with Crippen LogP contribution < -0.4 is 10.1 Å². The van der Waals surface area contributed by atoms with E-state index >= 15 is 0 Å². The maximum Gasteiger partial charge on any atom is 0.271 e. The van der Waals surface area contributed by atoms with Gasteiger partial charge in [-0.05, 0) is 35.9 Å². The molecule has 164 valence electrons. The Balaban J connectivity index is 1.50. The molecule has 0 unspecified atom stereocenters. The highest BCUT2D eigenvalue weighted by Gasteiger charge is 2.33. The molecule has 0 saturated carbocycles. The second-order valence-corrected chi connectivity index (χ2v) is 8.05. The van der Waals surface area contributed by atoms with E-state index in [4.69, 9.17) is 9.15 Å². The first kappa shape index (κ1) is 21.4. The summed E-state index contributed by atoms with van der Waals surface area (Å²) in [6.45, 7) is 0.373. The molecule has 1 aromatic heterocycles. The number of hydrogen-bond donors (Lipinski definition) is 1. The lowest BCUT2D eigenvalue weighted by atomic mass is 10.1. The highest BCUT2D eigenvalue weighted by atomic mass is 32.2. The minimum Gasteiger partial charge on any atom is -0.495 e. The lowest BCUT2D eigenvalue weighted by Crippen LogP contribution is -2.27. The van der Waals surface area contributed by atoms with Crippen molar-refractivity contribution in [2.24, 2.45) is 0 Å². The number of amides is 2. The van der Waals surface area contributed by atoms with Crippen molar-refractivity contribution in [1.82, 2.24) is 4.90 Å². The summed E-state index contributed by atoms with van der Waals surface area (Å²) in [5.74, 6) is 0.983. The van der Waals surface area contributed by atoms with Gasteiger partial charge in [0.2, 0.25) is 5.91 Å². The molecule has 10 heteroatoms. The molecule has 0 radical (unpaired) electrons. The second-order valence-electron chi connectivity index (χ2n) is 6.98. The van der Waals surface area contributed by atoms with Gasteiger partial charge in [0.25, 0.3) is 11.6 Å². The fourth-order valence-corrected chi connectivity index (χ4v) is 4.56. The van der Waals surface area contributed by atoms with Gasteiger partial charge in [-0.25, -0.2) is 0 Å². The van der Waals surface area contributed by atoms with Crippen LogP contribution in [0.5, 0.6) is 5.75 Å². The standard InChI is InChI=1S/C22H19N3O6S/c1-30-19-9-8-16(25(28)29)11-18(19)23-21(27)14-4-6-15(7-5-14)22-24(20(26)13-32-22)12-17-3-2-10-31-17/h2-11,22H,12-13H2,1H3,(H,23,27)/t22-/m0/s1. The summed E-state index contributed by atoms with van der Waals surface area (Å²) in [7, 11) is 1.42. The van der Waals surface area contributed by atoms with Gasteiger partial charge in [-0.3, -0.25) is 19.7 Å². The molecule has 3 aromatic rings. The van der Waals surface area contributed by atoms with Gasteiger partial charge in [0.1, 0.15) is 16.9 Å². The number of nitrogens with one attached hydrogen (secondary N) is 1. The van der Waals surface area contributed by atoms with Crippen LogP contribution in [0.25, 0.3) is 0 Å². The van der Waals surface area contributed by atoms with Crippen LogP contribution in [-0.2, 0) is 11.3 Å². The third-order valence-electron chi connectivity index (χ3n) is 4.97. The van der Waals surface area contributed by atoms with Crippen LogP contribution in [0.2, 0.25) is 0 Å². The fraction of sp³-hybridized carbons (Fsp3) is 0.182. The van der Waals surface area contributed by atoms with Crippen LogP contribution in [0.3, 0.4) is 0 Å². The highest BCUT2D eigenvalue weighted by Crippen LogP contribution is 2.39. The SMILES string of the molecule is COc1ccc([N+](=O)[O-])cc1NC(=O)c1ccc([C@@H]2SCC(=O)N2Cc2ccco2)cc1. The van der Waals surface area contributed by atoms with Crippen molar-refractivity contribution in [3.63, 3.8) is 0 Å². The van der Waals surface area contributed by atoms with Crippen LogP contribution in [-0.4, -0.2) is 34.5 Å². The molecular weight excluding hydrogens is 434 g/mol. The molecule has 0 spiro atoms. The number of methoxy groups -OCH3 is 1. The van der Waals surface area contributed by atoms with E-state index in [2.05, 4.69) is 5.32 Å². The molecule has 1 fully saturated rings. The third-order valence-corrected chi connectivity index (χ3v) is 6.23. The first-order chi connectivity index (χ1) is 15.5. The number of nitrogens with zero attached hydrogens (tertiary/aromatic N) is 2. The topological polar surface area (TPSA) is 115 Å². The number of benzene rings is 2. The molecular formula is C22H19N3O6S. The Kier molecular flexibility index (Phi) is 6.13. The first-order valence-corrected chi connectivity index (χ1v) is 10.7. The molecule has 1 aliphatic heterocycles. The molecule has 0 bridgehead atoms. The summed E-state index contributed by atoms with van der Waals surface area (Å²) in [4.78, 5) is 37.3. The average Bonchev–Trinajstić information content (AvgIpc) is 3.44. The van der Waals surface area contributed by atoms with E-state index in [0.29, 0.717) is 29.4 Å².